The van der Waals surface area contributed by atoms with Crippen LogP contribution in [0.5, 0.6) is 0 Å². The number of rotatable bonds is 5. The van der Waals surface area contributed by atoms with Crippen molar-refractivity contribution in [2.24, 2.45) is 5.84 Å². The summed E-state index contributed by atoms with van der Waals surface area (Å²) in [6.07, 6.45) is 1.77. The van der Waals surface area contributed by atoms with E-state index in [4.69, 9.17) is 11.1 Å². The fourth-order valence-corrected chi connectivity index (χ4v) is 1.44. The van der Waals surface area contributed by atoms with Crippen molar-refractivity contribution in [3.05, 3.63) is 17.7 Å². The van der Waals surface area contributed by atoms with Gasteiger partial charge in [0.1, 0.15) is 5.82 Å². The van der Waals surface area contributed by atoms with Crippen molar-refractivity contribution in [2.45, 2.75) is 26.2 Å². The van der Waals surface area contributed by atoms with Crippen LogP contribution >= 0.6 is 0 Å². The monoisotopic (exact) mass is 262 g/mol. The average Bonchev–Trinajstić information content (AvgIpc) is 2.42. The first-order valence-corrected chi connectivity index (χ1v) is 5.97. The van der Waals surface area contributed by atoms with Crippen LogP contribution < -0.4 is 11.3 Å². The van der Waals surface area contributed by atoms with Crippen molar-refractivity contribution in [1.82, 2.24) is 14.9 Å². The highest BCUT2D eigenvalue weighted by atomic mass is 16.2. The Labute approximate surface area is 112 Å². The van der Waals surface area contributed by atoms with E-state index in [9.17, 15) is 4.79 Å². The molecule has 0 fully saturated rings. The Bertz CT molecular complexity index is 493. The van der Waals surface area contributed by atoms with Crippen molar-refractivity contribution < 1.29 is 4.79 Å². The molecule has 0 aliphatic carbocycles. The Hall–Kier alpha value is -2.20. The van der Waals surface area contributed by atoms with Gasteiger partial charge in [0.05, 0.1) is 24.4 Å². The predicted octanol–water partition coefficient (Wildman–Crippen LogP) is 0.871. The third-order valence-electron chi connectivity index (χ3n) is 2.59. The van der Waals surface area contributed by atoms with Gasteiger partial charge in [-0.25, -0.2) is 9.97 Å². The summed E-state index contributed by atoms with van der Waals surface area (Å²) in [5, 5.41) is 8.54. The van der Waals surface area contributed by atoms with Gasteiger partial charge in [0, 0.05) is 19.5 Å². The molecule has 102 valence electrons. The van der Waals surface area contributed by atoms with Gasteiger partial charge in [0.2, 0.25) is 0 Å². The number of anilines is 1. The number of nitrogens with one attached hydrogen (secondary N) is 1. The van der Waals surface area contributed by atoms with E-state index >= 15 is 0 Å². The van der Waals surface area contributed by atoms with Gasteiger partial charge in [0.15, 0.2) is 5.69 Å². The lowest BCUT2D eigenvalue weighted by Gasteiger charge is -2.17. The zero-order valence-electron chi connectivity index (χ0n) is 11.3. The molecule has 1 aromatic rings. The maximum Gasteiger partial charge on any atom is 0.274 e. The molecule has 1 rings (SSSR count). The third-order valence-corrected chi connectivity index (χ3v) is 2.59. The van der Waals surface area contributed by atoms with Crippen LogP contribution in [0.1, 0.15) is 42.5 Å². The fourth-order valence-electron chi connectivity index (χ4n) is 1.44. The molecule has 1 amide bonds. The molecular formula is C12H18N6O. The summed E-state index contributed by atoms with van der Waals surface area (Å²) in [7, 11) is 1.62. The first kappa shape index (κ1) is 14.9. The molecular weight excluding hydrogens is 244 g/mol. The second-order valence-corrected chi connectivity index (χ2v) is 4.42. The number of nitrogens with two attached hydrogens (primary N) is 1. The molecule has 7 heteroatoms. The van der Waals surface area contributed by atoms with Crippen LogP contribution in [0.15, 0.2) is 6.20 Å². The molecule has 0 spiro atoms. The van der Waals surface area contributed by atoms with Crippen LogP contribution in [0.2, 0.25) is 0 Å². The molecule has 0 aliphatic rings. The summed E-state index contributed by atoms with van der Waals surface area (Å²) in [5.41, 5.74) is 3.01. The Morgan fingerprint density at radius 3 is 2.84 bits per heavy atom. The highest BCUT2D eigenvalue weighted by molar-refractivity contribution is 5.97. The molecule has 0 aromatic carbocycles. The number of nitrogens with zero attached hydrogens (tertiary/aromatic N) is 4. The number of nitrogen functional groups attached to an aromatic ring is 1. The minimum absolute atomic E-state index is 0.114. The van der Waals surface area contributed by atoms with Crippen LogP contribution in [0.3, 0.4) is 0 Å². The quantitative estimate of drug-likeness (QED) is 0.602. The summed E-state index contributed by atoms with van der Waals surface area (Å²) in [5.74, 6) is 5.77. The van der Waals surface area contributed by atoms with E-state index in [1.165, 1.54) is 11.1 Å². The van der Waals surface area contributed by atoms with E-state index < -0.39 is 0 Å². The number of carbonyl (C=O) groups is 1. The second kappa shape index (κ2) is 6.66. The van der Waals surface area contributed by atoms with Gasteiger partial charge in [-0.1, -0.05) is 13.8 Å². The Morgan fingerprint density at radius 2 is 2.32 bits per heavy atom. The van der Waals surface area contributed by atoms with E-state index in [1.54, 1.807) is 7.05 Å². The van der Waals surface area contributed by atoms with E-state index in [-0.39, 0.29) is 23.9 Å². The van der Waals surface area contributed by atoms with Crippen LogP contribution in [0, 0.1) is 11.3 Å². The van der Waals surface area contributed by atoms with Crippen LogP contribution in [0.25, 0.3) is 0 Å². The van der Waals surface area contributed by atoms with Crippen molar-refractivity contribution in [1.29, 1.82) is 5.26 Å². The predicted molar refractivity (Wildman–Crippen MR) is 71.1 cm³/mol. The number of amides is 1. The normalized spacial score (nSPS) is 10.1. The summed E-state index contributed by atoms with van der Waals surface area (Å²) < 4.78 is 0. The Balaban J connectivity index is 3.06. The zero-order valence-corrected chi connectivity index (χ0v) is 11.3. The number of hydrogen-bond acceptors (Lipinski definition) is 6. The first-order valence-electron chi connectivity index (χ1n) is 5.97. The summed E-state index contributed by atoms with van der Waals surface area (Å²) in [6, 6.07) is 2.00. The maximum absolute atomic E-state index is 12.2. The SMILES string of the molecule is CC(C)c1ncc(NN)c(C(=O)N(C)CCC#N)n1. The highest BCUT2D eigenvalue weighted by Gasteiger charge is 2.19. The molecule has 1 heterocycles. The Kier molecular flexibility index (Phi) is 5.21. The fraction of sp³-hybridized carbons (Fsp3) is 0.500. The van der Waals surface area contributed by atoms with E-state index in [0.29, 0.717) is 18.1 Å². The topological polar surface area (TPSA) is 108 Å². The first-order chi connectivity index (χ1) is 9.01. The molecule has 0 atom stereocenters. The average molecular weight is 262 g/mol. The molecule has 3 N–H and O–H groups in total. The van der Waals surface area contributed by atoms with Crippen LogP contribution in [-0.2, 0) is 0 Å². The van der Waals surface area contributed by atoms with Crippen molar-refractivity contribution >= 4 is 11.6 Å². The van der Waals surface area contributed by atoms with E-state index in [2.05, 4.69) is 15.4 Å². The molecule has 1 aromatic heterocycles. The van der Waals surface area contributed by atoms with E-state index in [0.717, 1.165) is 0 Å². The molecule has 0 saturated heterocycles. The number of carbonyl (C=O) groups excluding carboxylic acids is 1. The van der Waals surface area contributed by atoms with Gasteiger partial charge >= 0.3 is 0 Å². The van der Waals surface area contributed by atoms with Gasteiger partial charge < -0.3 is 10.3 Å². The molecule has 0 radical (unpaired) electrons. The van der Waals surface area contributed by atoms with Gasteiger partial charge in [0.25, 0.3) is 5.91 Å². The van der Waals surface area contributed by atoms with Gasteiger partial charge in [-0.2, -0.15) is 5.26 Å². The van der Waals surface area contributed by atoms with Crippen molar-refractivity contribution in [3.8, 4) is 6.07 Å². The third kappa shape index (κ3) is 3.63. The largest absolute Gasteiger partial charge is 0.339 e. The molecule has 0 unspecified atom stereocenters. The lowest BCUT2D eigenvalue weighted by Crippen LogP contribution is -2.30. The highest BCUT2D eigenvalue weighted by Crippen LogP contribution is 2.16. The molecule has 0 saturated carbocycles. The molecule has 0 aliphatic heterocycles. The smallest absolute Gasteiger partial charge is 0.274 e. The maximum atomic E-state index is 12.2. The minimum atomic E-state index is -0.285. The number of hydrogen-bond donors (Lipinski definition) is 2. The molecule has 7 nitrogen and oxygen atoms in total. The summed E-state index contributed by atoms with van der Waals surface area (Å²) >= 11 is 0. The number of aromatic nitrogens is 2. The van der Waals surface area contributed by atoms with E-state index in [1.807, 2.05) is 19.9 Å². The Morgan fingerprint density at radius 1 is 1.63 bits per heavy atom. The van der Waals surface area contributed by atoms with Crippen molar-refractivity contribution in [2.75, 3.05) is 19.0 Å². The summed E-state index contributed by atoms with van der Waals surface area (Å²) in [4.78, 5) is 22.1. The number of hydrazine groups is 1. The van der Waals surface area contributed by atoms with Crippen LogP contribution in [-0.4, -0.2) is 34.4 Å². The molecule has 19 heavy (non-hydrogen) atoms. The van der Waals surface area contributed by atoms with Gasteiger partial charge in [-0.05, 0) is 0 Å². The van der Waals surface area contributed by atoms with Gasteiger partial charge in [-0.3, -0.25) is 10.6 Å². The standard InChI is InChI=1S/C12H18N6O/c1-8(2)11-15-7-9(17-14)10(16-11)12(19)18(3)6-4-5-13/h7-8,17H,4,6,14H2,1-3H3. The van der Waals surface area contributed by atoms with Gasteiger partial charge in [-0.15, -0.1) is 0 Å². The second-order valence-electron chi connectivity index (χ2n) is 4.42. The number of nitriles is 1. The van der Waals surface area contributed by atoms with Crippen molar-refractivity contribution in [3.63, 3.8) is 0 Å². The minimum Gasteiger partial charge on any atom is -0.339 e. The zero-order chi connectivity index (χ0) is 14.4. The lowest BCUT2D eigenvalue weighted by atomic mass is 10.2. The lowest BCUT2D eigenvalue weighted by molar-refractivity contribution is 0.0792. The molecule has 0 bridgehead atoms. The summed E-state index contributed by atoms with van der Waals surface area (Å²) in [6.45, 7) is 4.23. The van der Waals surface area contributed by atoms with Crippen LogP contribution in [0.4, 0.5) is 5.69 Å².